The minimum absolute atomic E-state index is 0.138. The van der Waals surface area contributed by atoms with Gasteiger partial charge in [0.05, 0.1) is 23.1 Å². The van der Waals surface area contributed by atoms with Gasteiger partial charge in [0.25, 0.3) is 10.0 Å². The Hall–Kier alpha value is -2.97. The number of halogens is 1. The zero-order valence-electron chi connectivity index (χ0n) is 14.1. The molecule has 0 atom stereocenters. The molecule has 136 valence electrons. The molecule has 3 aromatic heterocycles. The summed E-state index contributed by atoms with van der Waals surface area (Å²) < 4.78 is 33.1. The number of aromatic nitrogens is 4. The van der Waals surface area contributed by atoms with E-state index in [9.17, 15) is 8.42 Å². The minimum atomic E-state index is -3.93. The van der Waals surface area contributed by atoms with E-state index < -0.39 is 10.0 Å². The summed E-state index contributed by atoms with van der Waals surface area (Å²) in [6.45, 7) is 0. The monoisotopic (exact) mass is 400 g/mol. The van der Waals surface area contributed by atoms with E-state index >= 15 is 0 Å². The maximum Gasteiger partial charge on any atom is 0.269 e. The Morgan fingerprint density at radius 3 is 2.56 bits per heavy atom. The lowest BCUT2D eigenvalue weighted by atomic mass is 10.2. The third-order valence-corrected chi connectivity index (χ3v) is 6.05. The number of methoxy groups -OCH3 is 1. The van der Waals surface area contributed by atoms with Gasteiger partial charge in [-0.25, -0.2) is 27.3 Å². The fourth-order valence-electron chi connectivity index (χ4n) is 2.78. The van der Waals surface area contributed by atoms with Crippen LogP contribution in [0.4, 0.5) is 0 Å². The predicted octanol–water partition coefficient (Wildman–Crippen LogP) is 3.39. The van der Waals surface area contributed by atoms with Crippen LogP contribution in [0.3, 0.4) is 0 Å². The van der Waals surface area contributed by atoms with Gasteiger partial charge in [-0.2, -0.15) is 0 Å². The molecule has 0 saturated heterocycles. The van der Waals surface area contributed by atoms with E-state index in [1.165, 1.54) is 29.5 Å². The number of nitrogens with zero attached hydrogens (tertiary/aromatic N) is 4. The molecule has 27 heavy (non-hydrogen) atoms. The Kier molecular flexibility index (Phi) is 4.29. The molecule has 0 aliphatic heterocycles. The van der Waals surface area contributed by atoms with Crippen molar-refractivity contribution in [2.45, 2.75) is 4.90 Å². The van der Waals surface area contributed by atoms with E-state index in [1.807, 2.05) is 0 Å². The van der Waals surface area contributed by atoms with Gasteiger partial charge < -0.3 is 4.74 Å². The lowest BCUT2D eigenvalue weighted by Gasteiger charge is -2.12. The first-order valence-corrected chi connectivity index (χ1v) is 9.67. The average Bonchev–Trinajstić information content (AvgIpc) is 3.10. The second-order valence-electron chi connectivity index (χ2n) is 5.60. The van der Waals surface area contributed by atoms with Gasteiger partial charge in [-0.3, -0.25) is 0 Å². The molecule has 4 aromatic rings. The van der Waals surface area contributed by atoms with Crippen LogP contribution in [-0.2, 0) is 10.0 Å². The van der Waals surface area contributed by atoms with Crippen molar-refractivity contribution in [3.8, 4) is 17.1 Å². The van der Waals surface area contributed by atoms with Gasteiger partial charge >= 0.3 is 0 Å². The highest BCUT2D eigenvalue weighted by Crippen LogP contribution is 2.34. The molecule has 0 unspecified atom stereocenters. The van der Waals surface area contributed by atoms with Crippen molar-refractivity contribution in [2.75, 3.05) is 7.11 Å². The SMILES string of the molecule is COc1cc(-c2cc3c(Cl)ncnc3n2S(=O)(=O)c2ccccc2)ccn1. The van der Waals surface area contributed by atoms with Crippen LogP contribution in [0.5, 0.6) is 5.88 Å². The summed E-state index contributed by atoms with van der Waals surface area (Å²) in [6, 6.07) is 13.1. The molecule has 0 aliphatic rings. The Morgan fingerprint density at radius 1 is 1.04 bits per heavy atom. The standard InChI is InChI=1S/C18H13ClN4O3S/c1-26-16-9-12(7-8-20-16)15-10-14-17(19)21-11-22-18(14)23(15)27(24,25)13-5-3-2-4-6-13/h2-11H,1H3. The molecule has 4 rings (SSSR count). The Labute approximate surface area is 160 Å². The zero-order valence-corrected chi connectivity index (χ0v) is 15.6. The predicted molar refractivity (Wildman–Crippen MR) is 101 cm³/mol. The fourth-order valence-corrected chi connectivity index (χ4v) is 4.47. The highest BCUT2D eigenvalue weighted by atomic mass is 35.5. The smallest absolute Gasteiger partial charge is 0.269 e. The number of hydrogen-bond acceptors (Lipinski definition) is 6. The highest BCUT2D eigenvalue weighted by Gasteiger charge is 2.26. The van der Waals surface area contributed by atoms with Crippen LogP contribution in [0.2, 0.25) is 5.15 Å². The minimum Gasteiger partial charge on any atom is -0.481 e. The van der Waals surface area contributed by atoms with E-state index in [2.05, 4.69) is 15.0 Å². The Morgan fingerprint density at radius 2 is 1.81 bits per heavy atom. The van der Waals surface area contributed by atoms with Gasteiger partial charge in [0.1, 0.15) is 11.5 Å². The molecule has 0 saturated carbocycles. The van der Waals surface area contributed by atoms with Crippen LogP contribution in [0, 0.1) is 0 Å². The van der Waals surface area contributed by atoms with Crippen LogP contribution < -0.4 is 4.74 Å². The second-order valence-corrected chi connectivity index (χ2v) is 7.75. The van der Waals surface area contributed by atoms with Crippen molar-refractivity contribution >= 4 is 32.7 Å². The van der Waals surface area contributed by atoms with Crippen LogP contribution in [0.25, 0.3) is 22.3 Å². The molecule has 7 nitrogen and oxygen atoms in total. The van der Waals surface area contributed by atoms with E-state index in [4.69, 9.17) is 16.3 Å². The molecular weight excluding hydrogens is 388 g/mol. The van der Waals surface area contributed by atoms with Crippen LogP contribution in [-0.4, -0.2) is 34.5 Å². The third kappa shape index (κ3) is 2.92. The number of hydrogen-bond donors (Lipinski definition) is 0. The first-order chi connectivity index (χ1) is 13.0. The van der Waals surface area contributed by atoms with Crippen LogP contribution in [0.15, 0.2) is 66.0 Å². The normalized spacial score (nSPS) is 11.6. The number of pyridine rings is 1. The maximum atomic E-state index is 13.4. The Balaban J connectivity index is 2.08. The average molecular weight is 401 g/mol. The molecule has 3 heterocycles. The second kappa shape index (κ2) is 6.64. The summed E-state index contributed by atoms with van der Waals surface area (Å²) >= 11 is 6.19. The van der Waals surface area contributed by atoms with E-state index in [0.717, 1.165) is 0 Å². The third-order valence-electron chi connectivity index (χ3n) is 4.03. The highest BCUT2D eigenvalue weighted by molar-refractivity contribution is 7.90. The summed E-state index contributed by atoms with van der Waals surface area (Å²) in [6.07, 6.45) is 2.77. The molecule has 0 spiro atoms. The van der Waals surface area contributed by atoms with Gasteiger partial charge in [-0.15, -0.1) is 0 Å². The number of rotatable bonds is 4. The van der Waals surface area contributed by atoms with Gasteiger partial charge in [0.15, 0.2) is 5.65 Å². The zero-order chi connectivity index (χ0) is 19.0. The van der Waals surface area contributed by atoms with Gasteiger partial charge in [0, 0.05) is 17.8 Å². The van der Waals surface area contributed by atoms with Crippen molar-refractivity contribution in [1.82, 2.24) is 18.9 Å². The van der Waals surface area contributed by atoms with Crippen LogP contribution in [0.1, 0.15) is 0 Å². The molecule has 0 radical (unpaired) electrons. The molecule has 9 heteroatoms. The first kappa shape index (κ1) is 17.4. The largest absolute Gasteiger partial charge is 0.481 e. The van der Waals surface area contributed by atoms with Crippen molar-refractivity contribution < 1.29 is 13.2 Å². The summed E-state index contributed by atoms with van der Waals surface area (Å²) in [5.74, 6) is 0.360. The lowest BCUT2D eigenvalue weighted by Crippen LogP contribution is -2.14. The Bertz CT molecular complexity index is 1240. The molecule has 0 amide bonds. The molecule has 0 aliphatic carbocycles. The molecule has 1 aromatic carbocycles. The van der Waals surface area contributed by atoms with Crippen molar-refractivity contribution in [1.29, 1.82) is 0 Å². The van der Waals surface area contributed by atoms with Gasteiger partial charge in [-0.05, 0) is 24.3 Å². The molecular formula is C18H13ClN4O3S. The van der Waals surface area contributed by atoms with E-state index in [0.29, 0.717) is 22.5 Å². The quantitative estimate of drug-likeness (QED) is 0.488. The van der Waals surface area contributed by atoms with Crippen LogP contribution >= 0.6 is 11.6 Å². The number of benzene rings is 1. The lowest BCUT2D eigenvalue weighted by molar-refractivity contribution is 0.398. The van der Waals surface area contributed by atoms with Gasteiger partial charge in [-0.1, -0.05) is 29.8 Å². The van der Waals surface area contributed by atoms with Gasteiger partial charge in [0.2, 0.25) is 5.88 Å². The maximum absolute atomic E-state index is 13.4. The van der Waals surface area contributed by atoms with E-state index in [1.54, 1.807) is 42.6 Å². The molecule has 0 bridgehead atoms. The number of ether oxygens (including phenoxy) is 1. The topological polar surface area (TPSA) is 87.0 Å². The van der Waals surface area contributed by atoms with Crippen molar-refractivity contribution in [3.63, 3.8) is 0 Å². The summed E-state index contributed by atoms with van der Waals surface area (Å²) in [4.78, 5) is 12.3. The summed E-state index contributed by atoms with van der Waals surface area (Å²) in [5.41, 5.74) is 1.18. The van der Waals surface area contributed by atoms with Crippen molar-refractivity contribution in [2.24, 2.45) is 0 Å². The summed E-state index contributed by atoms with van der Waals surface area (Å²) in [5, 5.41) is 0.605. The number of fused-ring (bicyclic) bond motifs is 1. The molecule has 0 N–H and O–H groups in total. The van der Waals surface area contributed by atoms with Crippen molar-refractivity contribution in [3.05, 3.63) is 66.2 Å². The summed E-state index contributed by atoms with van der Waals surface area (Å²) in [7, 11) is -2.44. The fraction of sp³-hybridized carbons (Fsp3) is 0.0556. The molecule has 0 fully saturated rings. The first-order valence-electron chi connectivity index (χ1n) is 7.85. The van der Waals surface area contributed by atoms with E-state index in [-0.39, 0.29) is 15.7 Å².